The summed E-state index contributed by atoms with van der Waals surface area (Å²) in [6.45, 7) is 0.214. The summed E-state index contributed by atoms with van der Waals surface area (Å²) in [7, 11) is 1.44. The van der Waals surface area contributed by atoms with Crippen LogP contribution in [-0.4, -0.2) is 29.7 Å². The van der Waals surface area contributed by atoms with Crippen molar-refractivity contribution in [2.75, 3.05) is 11.9 Å². The van der Waals surface area contributed by atoms with E-state index in [1.165, 1.54) is 36.2 Å². The number of carbonyl (C=O) groups excluding carboxylic acids is 3. The number of urea groups is 1. The molecule has 2 aliphatic rings. The van der Waals surface area contributed by atoms with Gasteiger partial charge in [-0.15, -0.1) is 0 Å². The fraction of sp³-hybridized carbons (Fsp3) is 0.200. The van der Waals surface area contributed by atoms with Gasteiger partial charge in [0.25, 0.3) is 5.91 Å². The van der Waals surface area contributed by atoms with Gasteiger partial charge in [0, 0.05) is 36.8 Å². The van der Waals surface area contributed by atoms with Gasteiger partial charge in [-0.25, -0.2) is 4.79 Å². The highest BCUT2D eigenvalue weighted by Crippen LogP contribution is 2.45. The molecule has 1 atom stereocenters. The number of amides is 3. The normalized spacial score (nSPS) is 17.1. The van der Waals surface area contributed by atoms with E-state index in [0.29, 0.717) is 11.3 Å². The summed E-state index contributed by atoms with van der Waals surface area (Å²) in [6, 6.07) is 18.5. The first-order valence-corrected chi connectivity index (χ1v) is 12.5. The molecule has 1 aliphatic heterocycles. The smallest absolute Gasteiger partial charge is 0.348 e. The zero-order chi connectivity index (χ0) is 28.6. The van der Waals surface area contributed by atoms with Crippen molar-refractivity contribution in [3.63, 3.8) is 0 Å². The minimum atomic E-state index is -4.61. The van der Waals surface area contributed by atoms with Gasteiger partial charge in [0.15, 0.2) is 5.78 Å². The average molecular weight is 545 g/mol. The summed E-state index contributed by atoms with van der Waals surface area (Å²) >= 11 is 0. The van der Waals surface area contributed by atoms with Crippen LogP contribution in [0.3, 0.4) is 0 Å². The van der Waals surface area contributed by atoms with Crippen LogP contribution >= 0.6 is 0 Å². The number of likely N-dealkylation sites (N-methyl/N-ethyl adjacent to an activating group) is 1. The van der Waals surface area contributed by atoms with Crippen LogP contribution in [0.4, 0.5) is 23.7 Å². The zero-order valence-corrected chi connectivity index (χ0v) is 21.3. The Morgan fingerprint density at radius 2 is 1.77 bits per heavy atom. The van der Waals surface area contributed by atoms with Crippen LogP contribution in [0, 0.1) is 11.3 Å². The van der Waals surface area contributed by atoms with Crippen LogP contribution in [0.1, 0.15) is 51.5 Å². The molecule has 7 nitrogen and oxygen atoms in total. The van der Waals surface area contributed by atoms with Gasteiger partial charge in [-0.1, -0.05) is 42.5 Å². The molecule has 0 radical (unpaired) electrons. The largest absolute Gasteiger partial charge is 0.416 e. The SMILES string of the molecule is CN1C(=O)N(c2cccc(C(F)(F)F)c2)C2=C(C(=O)CC2)C1c1ccc(C#N)cc1C(=O)NCc1ccccc1. The molecular weight excluding hydrogens is 521 g/mol. The second-order valence-corrected chi connectivity index (χ2v) is 9.55. The van der Waals surface area contributed by atoms with Crippen molar-refractivity contribution >= 4 is 23.4 Å². The van der Waals surface area contributed by atoms with Gasteiger partial charge in [-0.3, -0.25) is 14.5 Å². The number of allylic oxidation sites excluding steroid dienone is 1. The highest BCUT2D eigenvalue weighted by atomic mass is 19.4. The maximum atomic E-state index is 13.7. The van der Waals surface area contributed by atoms with Crippen molar-refractivity contribution in [2.24, 2.45) is 0 Å². The summed E-state index contributed by atoms with van der Waals surface area (Å²) in [5.41, 5.74) is 1.15. The van der Waals surface area contributed by atoms with E-state index in [-0.39, 0.29) is 47.6 Å². The van der Waals surface area contributed by atoms with E-state index in [9.17, 15) is 32.8 Å². The Labute approximate surface area is 228 Å². The van der Waals surface area contributed by atoms with E-state index in [2.05, 4.69) is 5.32 Å². The number of hydrogen-bond acceptors (Lipinski definition) is 4. The fourth-order valence-electron chi connectivity index (χ4n) is 5.17. The van der Waals surface area contributed by atoms with Crippen LogP contribution in [0.25, 0.3) is 0 Å². The Hall–Kier alpha value is -4.91. The van der Waals surface area contributed by atoms with E-state index in [0.717, 1.165) is 22.6 Å². The number of halogens is 3. The Balaban J connectivity index is 1.59. The van der Waals surface area contributed by atoms with Gasteiger partial charge in [-0.05, 0) is 47.9 Å². The number of alkyl halides is 3. The molecule has 0 aromatic heterocycles. The summed E-state index contributed by atoms with van der Waals surface area (Å²) in [6.07, 6.45) is -4.38. The van der Waals surface area contributed by atoms with Crippen LogP contribution in [0.15, 0.2) is 84.1 Å². The molecule has 202 valence electrons. The van der Waals surface area contributed by atoms with Gasteiger partial charge in [-0.2, -0.15) is 18.4 Å². The average Bonchev–Trinajstić information content (AvgIpc) is 3.32. The van der Waals surface area contributed by atoms with E-state index in [1.54, 1.807) is 6.07 Å². The first kappa shape index (κ1) is 26.7. The number of anilines is 1. The van der Waals surface area contributed by atoms with Gasteiger partial charge in [0.1, 0.15) is 0 Å². The van der Waals surface area contributed by atoms with Crippen LogP contribution < -0.4 is 10.2 Å². The van der Waals surface area contributed by atoms with Crippen molar-refractivity contribution in [1.29, 1.82) is 5.26 Å². The number of rotatable bonds is 5. The first-order valence-electron chi connectivity index (χ1n) is 12.5. The Bertz CT molecular complexity index is 1590. The fourth-order valence-corrected chi connectivity index (χ4v) is 5.17. The van der Waals surface area contributed by atoms with Gasteiger partial charge >= 0.3 is 12.2 Å². The summed E-state index contributed by atoms with van der Waals surface area (Å²) in [5, 5.41) is 12.3. The van der Waals surface area contributed by atoms with Crippen LogP contribution in [0.5, 0.6) is 0 Å². The van der Waals surface area contributed by atoms with Crippen molar-refractivity contribution in [2.45, 2.75) is 31.6 Å². The zero-order valence-electron chi connectivity index (χ0n) is 21.3. The van der Waals surface area contributed by atoms with Crippen LogP contribution in [0.2, 0.25) is 0 Å². The molecule has 1 aliphatic carbocycles. The maximum Gasteiger partial charge on any atom is 0.416 e. The van der Waals surface area contributed by atoms with Crippen molar-refractivity contribution < 1.29 is 27.6 Å². The number of carbonyl (C=O) groups is 3. The molecule has 5 rings (SSSR count). The second kappa shape index (κ2) is 10.3. The molecule has 1 heterocycles. The number of hydrogen-bond donors (Lipinski definition) is 1. The Kier molecular flexibility index (Phi) is 6.90. The molecule has 0 saturated heterocycles. The summed E-state index contributed by atoms with van der Waals surface area (Å²) in [4.78, 5) is 42.7. The predicted molar refractivity (Wildman–Crippen MR) is 140 cm³/mol. The third-order valence-corrected chi connectivity index (χ3v) is 7.07. The lowest BCUT2D eigenvalue weighted by molar-refractivity contribution is -0.137. The Morgan fingerprint density at radius 1 is 1.02 bits per heavy atom. The lowest BCUT2D eigenvalue weighted by Gasteiger charge is -2.41. The maximum absolute atomic E-state index is 13.7. The van der Waals surface area contributed by atoms with Crippen molar-refractivity contribution in [3.8, 4) is 6.07 Å². The molecule has 0 bridgehead atoms. The molecule has 1 unspecified atom stereocenters. The molecule has 40 heavy (non-hydrogen) atoms. The first-order chi connectivity index (χ1) is 19.1. The number of nitrogens with zero attached hydrogens (tertiary/aromatic N) is 3. The minimum Gasteiger partial charge on any atom is -0.348 e. The third kappa shape index (κ3) is 4.82. The van der Waals surface area contributed by atoms with E-state index >= 15 is 0 Å². The molecule has 1 N–H and O–H groups in total. The predicted octanol–water partition coefficient (Wildman–Crippen LogP) is 5.74. The monoisotopic (exact) mass is 544 g/mol. The minimum absolute atomic E-state index is 0.00650. The number of nitriles is 1. The molecular formula is C30H23F3N4O3. The number of ketones is 1. The molecule has 3 aromatic carbocycles. The quantitative estimate of drug-likeness (QED) is 0.444. The molecule has 0 fully saturated rings. The number of Topliss-reactive ketones (excluding diaryl/α,β-unsaturated/α-hetero) is 1. The highest BCUT2D eigenvalue weighted by molar-refractivity contribution is 6.09. The number of benzene rings is 3. The third-order valence-electron chi connectivity index (χ3n) is 7.07. The highest BCUT2D eigenvalue weighted by Gasteiger charge is 2.45. The second-order valence-electron chi connectivity index (χ2n) is 9.55. The standard InChI is InChI=1S/C30H23F3N4O3/c1-36-27(22-11-10-19(16-34)14-23(22)28(39)35-17-18-6-3-2-4-7-18)26-24(12-13-25(26)38)37(29(36)40)21-9-5-8-20(15-21)30(31,32)33/h2-11,14-15,27H,12-13,17H2,1H3,(H,35,39). The van der Waals surface area contributed by atoms with Crippen LogP contribution in [-0.2, 0) is 17.5 Å². The molecule has 10 heteroatoms. The molecule has 0 spiro atoms. The van der Waals surface area contributed by atoms with Crippen molar-refractivity contribution in [3.05, 3.63) is 112 Å². The van der Waals surface area contributed by atoms with Gasteiger partial charge in [0.2, 0.25) is 0 Å². The topological polar surface area (TPSA) is 93.5 Å². The lowest BCUT2D eigenvalue weighted by Crippen LogP contribution is -2.48. The molecule has 0 saturated carbocycles. The van der Waals surface area contributed by atoms with E-state index < -0.39 is 29.7 Å². The van der Waals surface area contributed by atoms with Crippen molar-refractivity contribution in [1.82, 2.24) is 10.2 Å². The lowest BCUT2D eigenvalue weighted by atomic mass is 9.89. The van der Waals surface area contributed by atoms with Gasteiger partial charge < -0.3 is 10.2 Å². The summed E-state index contributed by atoms with van der Waals surface area (Å²) in [5.74, 6) is -0.763. The molecule has 3 aromatic rings. The summed E-state index contributed by atoms with van der Waals surface area (Å²) < 4.78 is 40.3. The Morgan fingerprint density at radius 3 is 2.48 bits per heavy atom. The van der Waals surface area contributed by atoms with E-state index in [1.807, 2.05) is 36.4 Å². The number of nitrogens with one attached hydrogen (secondary N) is 1. The molecule has 3 amide bonds. The van der Waals surface area contributed by atoms with Gasteiger partial charge in [0.05, 0.1) is 28.9 Å². The van der Waals surface area contributed by atoms with E-state index in [4.69, 9.17) is 0 Å².